The summed E-state index contributed by atoms with van der Waals surface area (Å²) in [6, 6.07) is -26.5. The molecule has 0 bridgehead atoms. The molecule has 0 saturated carbocycles. The number of benzene rings is 8. The molecule has 0 N–H and O–H groups in total. The highest BCUT2D eigenvalue weighted by molar-refractivity contribution is 6.28. The molecule has 0 radical (unpaired) electrons. The van der Waals surface area contributed by atoms with E-state index < -0.39 is 268 Å². The summed E-state index contributed by atoms with van der Waals surface area (Å²) >= 11 is 0. The number of hydrogen-bond donors (Lipinski definition) is 0. The Labute approximate surface area is 316 Å². The van der Waals surface area contributed by atoms with Crippen molar-refractivity contribution in [1.82, 2.24) is 0 Å². The first-order chi connectivity index (χ1) is 35.5. The lowest BCUT2D eigenvalue weighted by Gasteiger charge is -2.17. The Kier molecular flexibility index (Phi) is 2.45. The van der Waals surface area contributed by atoms with E-state index in [9.17, 15) is 12.3 Å². The summed E-state index contributed by atoms with van der Waals surface area (Å²) in [7, 11) is 0. The highest BCUT2D eigenvalue weighted by Gasteiger charge is 2.25. The second-order valence-electron chi connectivity index (χ2n) is 10.3. The highest BCUT2D eigenvalue weighted by Crippen LogP contribution is 2.50. The maximum atomic E-state index is 9.58. The van der Waals surface area contributed by atoms with Gasteiger partial charge in [-0.2, -0.15) is 0 Å². The van der Waals surface area contributed by atoms with Crippen molar-refractivity contribution in [2.45, 2.75) is 0 Å². The van der Waals surface area contributed by atoms with E-state index in [1.165, 1.54) is 0 Å². The van der Waals surface area contributed by atoms with Crippen LogP contribution in [-0.2, 0) is 0 Å². The molecule has 2 heteroatoms. The molecule has 0 unspecified atom stereocenters. The van der Waals surface area contributed by atoms with Crippen molar-refractivity contribution in [2.24, 2.45) is 0 Å². The average molecular weight is 641 g/mol. The fourth-order valence-electron chi connectivity index (χ4n) is 5.97. The number of rotatable bonds is 4. The monoisotopic (exact) mass is 640 g/mol. The SMILES string of the molecule is [2H]c1c([2H])c([2H])c(-c2oc3c([2H])c([2H])c4oc5c(-c6c7c([2H])c([2H])c([2H])c([2H])c7c(-c7c([2H])c([2H])c([2H])c([2H])c7[2H])c7c([2H])c([2H])c([2H])c([2H])c67)c([2H])c([2H])c([2H])c5c4c3c2-c2c([2H])c([2H])c([2H])c([2H])c2[2H])c([2H])c1[2H]. The molecule has 10 rings (SSSR count). The minimum Gasteiger partial charge on any atom is -0.455 e. The molecule has 0 saturated heterocycles. The minimum absolute atomic E-state index is 0.539. The third-order valence-corrected chi connectivity index (χ3v) is 7.81. The summed E-state index contributed by atoms with van der Waals surface area (Å²) in [6.07, 6.45) is 0. The van der Waals surface area contributed by atoms with E-state index in [-0.39, 0.29) is 0 Å². The zero-order valence-corrected chi connectivity index (χ0v) is 23.8. The van der Waals surface area contributed by atoms with E-state index in [4.69, 9.17) is 34.9 Å². The Bertz CT molecular complexity index is 4270. The van der Waals surface area contributed by atoms with Crippen molar-refractivity contribution >= 4 is 54.5 Å². The van der Waals surface area contributed by atoms with Gasteiger partial charge in [-0.1, -0.05) is 157 Å². The molecule has 0 aliphatic carbocycles. The summed E-state index contributed by atoms with van der Waals surface area (Å²) in [5.74, 6) is -0.789. The third kappa shape index (κ3) is 3.93. The van der Waals surface area contributed by atoms with Gasteiger partial charge in [-0.05, 0) is 50.3 Å². The van der Waals surface area contributed by atoms with Gasteiger partial charge in [0, 0.05) is 38.4 Å². The summed E-state index contributed by atoms with van der Waals surface area (Å²) in [6.45, 7) is 0. The van der Waals surface area contributed by atoms with E-state index in [1.54, 1.807) is 0 Å². The van der Waals surface area contributed by atoms with Crippen molar-refractivity contribution in [3.05, 3.63) is 169 Å². The standard InChI is InChI=1S/C46H28O2/c1-4-15-29(16-5-1)40-32-21-10-12-23-34(32)42(35-24-13-11-22-33(35)40)36-25-14-26-37-43-38(48-46(36)37)27-28-39-44(43)41(30-17-6-2-7-18-30)45(47-39)31-19-8-3-9-20-31/h1-28H/i1D,2D,3D,4D,5D,6D,7D,8D,9D,10D,11D,12D,13D,14D,15D,16D,17D,18D,19D,20D,21D,22D,23D,24D,25D,26D,27D,28D. The van der Waals surface area contributed by atoms with E-state index >= 15 is 0 Å². The van der Waals surface area contributed by atoms with E-state index in [1.807, 2.05) is 0 Å². The molecule has 10 aromatic rings. The largest absolute Gasteiger partial charge is 0.455 e. The molecule has 0 aliphatic heterocycles. The van der Waals surface area contributed by atoms with Gasteiger partial charge >= 0.3 is 0 Å². The van der Waals surface area contributed by atoms with Crippen molar-refractivity contribution < 1.29 is 47.2 Å². The van der Waals surface area contributed by atoms with Gasteiger partial charge in [-0.25, -0.2) is 0 Å². The van der Waals surface area contributed by atoms with Gasteiger partial charge in [0.05, 0.1) is 38.4 Å². The first-order valence-corrected chi connectivity index (χ1v) is 14.1. The van der Waals surface area contributed by atoms with Gasteiger partial charge in [-0.15, -0.1) is 0 Å². The van der Waals surface area contributed by atoms with Crippen LogP contribution in [0.3, 0.4) is 0 Å². The highest BCUT2D eigenvalue weighted by atomic mass is 16.3. The van der Waals surface area contributed by atoms with Crippen LogP contribution in [0.5, 0.6) is 0 Å². The van der Waals surface area contributed by atoms with Crippen LogP contribution in [0.4, 0.5) is 0 Å². The molecule has 0 spiro atoms. The topological polar surface area (TPSA) is 26.3 Å². The molecule has 0 amide bonds. The zero-order chi connectivity index (χ0) is 56.0. The van der Waals surface area contributed by atoms with Crippen LogP contribution < -0.4 is 0 Å². The van der Waals surface area contributed by atoms with Crippen LogP contribution in [0.1, 0.15) is 38.4 Å². The van der Waals surface area contributed by atoms with E-state index in [0.717, 1.165) is 0 Å². The molecule has 224 valence electrons. The van der Waals surface area contributed by atoms with Crippen molar-refractivity contribution in [1.29, 1.82) is 0 Å². The van der Waals surface area contributed by atoms with Gasteiger partial charge in [0.1, 0.15) is 22.5 Å². The summed E-state index contributed by atoms with van der Waals surface area (Å²) < 4.78 is 263. The Morgan fingerprint density at radius 2 is 0.792 bits per heavy atom. The maximum Gasteiger partial charge on any atom is 0.143 e. The number of fused-ring (bicyclic) bond motifs is 7. The summed E-state index contributed by atoms with van der Waals surface area (Å²) in [5, 5.41) is -4.57. The Hall–Kier alpha value is -6.38. The van der Waals surface area contributed by atoms with Crippen molar-refractivity contribution in [3.8, 4) is 44.7 Å². The number of hydrogen-bond acceptors (Lipinski definition) is 2. The van der Waals surface area contributed by atoms with Crippen LogP contribution in [0, 0.1) is 0 Å². The number of furan rings is 2. The molecule has 2 heterocycles. The fourth-order valence-corrected chi connectivity index (χ4v) is 5.97. The zero-order valence-electron chi connectivity index (χ0n) is 51.8. The molecule has 0 aliphatic rings. The quantitative estimate of drug-likeness (QED) is 0.179. The second-order valence-corrected chi connectivity index (χ2v) is 10.3. The summed E-state index contributed by atoms with van der Waals surface area (Å²) in [5.41, 5.74) is -7.26. The molecule has 0 fully saturated rings. The van der Waals surface area contributed by atoms with Crippen LogP contribution >= 0.6 is 0 Å². The second kappa shape index (κ2) is 10.6. The normalized spacial score (nSPS) is 19.9. The lowest BCUT2D eigenvalue weighted by molar-refractivity contribution is 0.632. The van der Waals surface area contributed by atoms with E-state index in [0.29, 0.717) is 0 Å². The smallest absolute Gasteiger partial charge is 0.143 e. The first-order valence-electron chi connectivity index (χ1n) is 28.1. The van der Waals surface area contributed by atoms with Crippen LogP contribution in [0.15, 0.2) is 178 Å². The van der Waals surface area contributed by atoms with Crippen LogP contribution in [0.25, 0.3) is 99.2 Å². The van der Waals surface area contributed by atoms with Crippen molar-refractivity contribution in [3.63, 3.8) is 0 Å². The van der Waals surface area contributed by atoms with Crippen LogP contribution in [-0.4, -0.2) is 0 Å². The lowest BCUT2D eigenvalue weighted by atomic mass is 9.85. The predicted molar refractivity (Wildman–Crippen MR) is 200 cm³/mol. The third-order valence-electron chi connectivity index (χ3n) is 7.81. The molecule has 2 aromatic heterocycles. The molecule has 2 nitrogen and oxygen atoms in total. The number of para-hydroxylation sites is 1. The molecule has 0 atom stereocenters. The molecular formula is C46H28O2. The summed E-state index contributed by atoms with van der Waals surface area (Å²) in [4.78, 5) is 0. The Balaban J connectivity index is 1.55. The van der Waals surface area contributed by atoms with Gasteiger partial charge in [0.2, 0.25) is 0 Å². The molecular weight excluding hydrogens is 585 g/mol. The van der Waals surface area contributed by atoms with Gasteiger partial charge in [-0.3, -0.25) is 0 Å². The predicted octanol–water partition coefficient (Wildman–Crippen LogP) is 13.3. The molecule has 48 heavy (non-hydrogen) atoms. The lowest BCUT2D eigenvalue weighted by Crippen LogP contribution is -1.90. The van der Waals surface area contributed by atoms with E-state index in [2.05, 4.69) is 0 Å². The fraction of sp³-hybridized carbons (Fsp3) is 0. The minimum atomic E-state index is -1.03. The van der Waals surface area contributed by atoms with Gasteiger partial charge in [0.15, 0.2) is 0 Å². The molecule has 8 aromatic carbocycles. The Morgan fingerprint density at radius 3 is 1.38 bits per heavy atom. The maximum absolute atomic E-state index is 9.58. The van der Waals surface area contributed by atoms with Gasteiger partial charge < -0.3 is 8.83 Å². The first kappa shape index (κ1) is 11.1. The average Bonchev–Trinajstić information content (AvgIpc) is 4.03. The van der Waals surface area contributed by atoms with Crippen molar-refractivity contribution in [2.75, 3.05) is 0 Å². The Morgan fingerprint density at radius 1 is 0.333 bits per heavy atom. The van der Waals surface area contributed by atoms with Crippen LogP contribution in [0.2, 0.25) is 0 Å². The van der Waals surface area contributed by atoms with Gasteiger partial charge in [0.25, 0.3) is 0 Å².